The van der Waals surface area contributed by atoms with Crippen molar-refractivity contribution < 1.29 is 19.4 Å². The molecule has 1 heterocycles. The number of rotatable bonds is 3. The maximum Gasteiger partial charge on any atom is 0.306 e. The highest BCUT2D eigenvalue weighted by Gasteiger charge is 2.36. The number of carboxylic acids is 1. The van der Waals surface area contributed by atoms with Gasteiger partial charge in [0, 0.05) is 33.9 Å². The van der Waals surface area contributed by atoms with Gasteiger partial charge in [0.2, 0.25) is 0 Å². The zero-order chi connectivity index (χ0) is 18.1. The first kappa shape index (κ1) is 17.7. The number of hydrogen-bond donors (Lipinski definition) is 1. The number of nitrogens with zero attached hydrogens (tertiary/aromatic N) is 1. The fourth-order valence-corrected chi connectivity index (χ4v) is 3.31. The van der Waals surface area contributed by atoms with Crippen molar-refractivity contribution in [3.8, 4) is 0 Å². The zero-order valence-electron chi connectivity index (χ0n) is 13.3. The SMILES string of the molecule is CN1C(=O)C(CC(=O)O)OC(c2ccccc2Cl)c2cc(Cl)ccc21. The number of benzene rings is 2. The summed E-state index contributed by atoms with van der Waals surface area (Å²) in [7, 11) is 1.59. The lowest BCUT2D eigenvalue weighted by molar-refractivity contribution is -0.146. The summed E-state index contributed by atoms with van der Waals surface area (Å²) in [6.45, 7) is 0. The summed E-state index contributed by atoms with van der Waals surface area (Å²) in [4.78, 5) is 25.2. The van der Waals surface area contributed by atoms with Crippen molar-refractivity contribution in [3.05, 3.63) is 63.6 Å². The molecule has 0 radical (unpaired) electrons. The number of fused-ring (bicyclic) bond motifs is 1. The third-order valence-electron chi connectivity index (χ3n) is 4.09. The normalized spacial score (nSPS) is 20.1. The molecule has 0 saturated carbocycles. The number of anilines is 1. The van der Waals surface area contributed by atoms with Crippen molar-refractivity contribution in [2.24, 2.45) is 0 Å². The second-order valence-corrected chi connectivity index (χ2v) is 6.57. The van der Waals surface area contributed by atoms with Gasteiger partial charge in [0.1, 0.15) is 12.2 Å². The molecule has 1 aliphatic heterocycles. The third kappa shape index (κ3) is 3.49. The summed E-state index contributed by atoms with van der Waals surface area (Å²) >= 11 is 12.5. The van der Waals surface area contributed by atoms with Gasteiger partial charge in [-0.25, -0.2) is 0 Å². The molecule has 7 heteroatoms. The maximum absolute atomic E-state index is 12.7. The van der Waals surface area contributed by atoms with E-state index in [2.05, 4.69) is 0 Å². The van der Waals surface area contributed by atoms with Gasteiger partial charge in [0.15, 0.2) is 0 Å². The van der Waals surface area contributed by atoms with Crippen LogP contribution in [0.15, 0.2) is 42.5 Å². The molecule has 2 atom stereocenters. The number of amides is 1. The molecule has 0 bridgehead atoms. The van der Waals surface area contributed by atoms with Crippen molar-refractivity contribution in [2.75, 3.05) is 11.9 Å². The molecular formula is C18H15Cl2NO4. The number of aliphatic carboxylic acids is 1. The van der Waals surface area contributed by atoms with Crippen LogP contribution in [0, 0.1) is 0 Å². The largest absolute Gasteiger partial charge is 0.481 e. The number of carboxylic acid groups (broad SMARTS) is 1. The minimum Gasteiger partial charge on any atom is -0.481 e. The molecule has 2 aromatic carbocycles. The van der Waals surface area contributed by atoms with Crippen molar-refractivity contribution in [3.63, 3.8) is 0 Å². The summed E-state index contributed by atoms with van der Waals surface area (Å²) in [5.41, 5.74) is 1.91. The Balaban J connectivity index is 2.18. The van der Waals surface area contributed by atoms with Gasteiger partial charge in [-0.05, 0) is 24.3 Å². The van der Waals surface area contributed by atoms with Crippen LogP contribution in [0.3, 0.4) is 0 Å². The van der Waals surface area contributed by atoms with Gasteiger partial charge in [-0.15, -0.1) is 0 Å². The highest BCUT2D eigenvalue weighted by Crippen LogP contribution is 2.41. The molecular weight excluding hydrogens is 365 g/mol. The van der Waals surface area contributed by atoms with Crippen LogP contribution in [-0.4, -0.2) is 30.1 Å². The Labute approximate surface area is 154 Å². The number of ether oxygens (including phenoxy) is 1. The molecule has 2 unspecified atom stereocenters. The van der Waals surface area contributed by atoms with Gasteiger partial charge in [0.25, 0.3) is 5.91 Å². The topological polar surface area (TPSA) is 66.8 Å². The molecule has 0 spiro atoms. The van der Waals surface area contributed by atoms with E-state index in [4.69, 9.17) is 33.0 Å². The van der Waals surface area contributed by atoms with Gasteiger partial charge in [0.05, 0.1) is 6.42 Å². The van der Waals surface area contributed by atoms with Crippen LogP contribution in [0.2, 0.25) is 10.0 Å². The Kier molecular flexibility index (Phi) is 4.99. The van der Waals surface area contributed by atoms with Gasteiger partial charge >= 0.3 is 5.97 Å². The second-order valence-electron chi connectivity index (χ2n) is 5.72. The van der Waals surface area contributed by atoms with E-state index in [1.54, 1.807) is 49.5 Å². The number of carbonyl (C=O) groups excluding carboxylic acids is 1. The standard InChI is InChI=1S/C18H15Cl2NO4/c1-21-14-7-6-10(19)8-12(14)17(11-4-2-3-5-13(11)20)25-15(18(21)24)9-16(22)23/h2-8,15,17H,9H2,1H3,(H,22,23). The highest BCUT2D eigenvalue weighted by molar-refractivity contribution is 6.31. The van der Waals surface area contributed by atoms with Crippen LogP contribution in [0.25, 0.3) is 0 Å². The van der Waals surface area contributed by atoms with Crippen molar-refractivity contribution in [1.29, 1.82) is 0 Å². The number of hydrogen-bond acceptors (Lipinski definition) is 3. The summed E-state index contributed by atoms with van der Waals surface area (Å²) in [6.07, 6.45) is -2.28. The summed E-state index contributed by atoms with van der Waals surface area (Å²) in [5, 5.41) is 10.1. The average molecular weight is 380 g/mol. The van der Waals surface area contributed by atoms with Gasteiger partial charge < -0.3 is 14.7 Å². The second kappa shape index (κ2) is 7.04. The van der Waals surface area contributed by atoms with E-state index in [9.17, 15) is 9.59 Å². The monoisotopic (exact) mass is 379 g/mol. The quantitative estimate of drug-likeness (QED) is 0.877. The molecule has 2 aromatic rings. The van der Waals surface area contributed by atoms with Gasteiger partial charge in [-0.2, -0.15) is 0 Å². The zero-order valence-corrected chi connectivity index (χ0v) is 14.8. The van der Waals surface area contributed by atoms with E-state index in [0.717, 1.165) is 0 Å². The van der Waals surface area contributed by atoms with Crippen molar-refractivity contribution in [2.45, 2.75) is 18.6 Å². The molecule has 130 valence electrons. The lowest BCUT2D eigenvalue weighted by Crippen LogP contribution is -2.38. The molecule has 1 N–H and O–H groups in total. The van der Waals surface area contributed by atoms with E-state index in [1.165, 1.54) is 4.90 Å². The lowest BCUT2D eigenvalue weighted by Gasteiger charge is -2.22. The highest BCUT2D eigenvalue weighted by atomic mass is 35.5. The molecule has 0 aromatic heterocycles. The fraction of sp³-hybridized carbons (Fsp3) is 0.222. The molecule has 3 rings (SSSR count). The van der Waals surface area contributed by atoms with E-state index < -0.39 is 30.5 Å². The van der Waals surface area contributed by atoms with E-state index >= 15 is 0 Å². The Morgan fingerprint density at radius 2 is 1.92 bits per heavy atom. The smallest absolute Gasteiger partial charge is 0.306 e. The minimum absolute atomic E-state index is 0.430. The molecule has 5 nitrogen and oxygen atoms in total. The van der Waals surface area contributed by atoms with Crippen molar-refractivity contribution in [1.82, 2.24) is 0 Å². The summed E-state index contributed by atoms with van der Waals surface area (Å²) in [6, 6.07) is 12.2. The fourth-order valence-electron chi connectivity index (χ4n) is 2.89. The maximum atomic E-state index is 12.7. The van der Waals surface area contributed by atoms with E-state index in [0.29, 0.717) is 26.9 Å². The first-order chi connectivity index (χ1) is 11.9. The molecule has 0 aliphatic carbocycles. The Morgan fingerprint density at radius 1 is 1.20 bits per heavy atom. The molecule has 0 fully saturated rings. The number of carbonyl (C=O) groups is 2. The molecule has 25 heavy (non-hydrogen) atoms. The average Bonchev–Trinajstić information content (AvgIpc) is 2.66. The lowest BCUT2D eigenvalue weighted by atomic mass is 9.99. The van der Waals surface area contributed by atoms with Crippen LogP contribution in [0.1, 0.15) is 23.7 Å². The number of halogens is 2. The summed E-state index contributed by atoms with van der Waals surface area (Å²) in [5.74, 6) is -1.55. The predicted molar refractivity (Wildman–Crippen MR) is 95.3 cm³/mol. The Morgan fingerprint density at radius 3 is 2.60 bits per heavy atom. The summed E-state index contributed by atoms with van der Waals surface area (Å²) < 4.78 is 5.94. The van der Waals surface area contributed by atoms with Crippen LogP contribution < -0.4 is 4.90 Å². The Hall–Kier alpha value is -2.08. The van der Waals surface area contributed by atoms with Crippen molar-refractivity contribution >= 4 is 40.8 Å². The van der Waals surface area contributed by atoms with Crippen LogP contribution in [0.4, 0.5) is 5.69 Å². The Bertz CT molecular complexity index is 840. The first-order valence-corrected chi connectivity index (χ1v) is 8.32. The van der Waals surface area contributed by atoms with E-state index in [-0.39, 0.29) is 0 Å². The molecule has 1 aliphatic rings. The first-order valence-electron chi connectivity index (χ1n) is 7.57. The van der Waals surface area contributed by atoms with E-state index in [1.807, 2.05) is 0 Å². The van der Waals surface area contributed by atoms with Crippen LogP contribution in [0.5, 0.6) is 0 Å². The third-order valence-corrected chi connectivity index (χ3v) is 4.67. The van der Waals surface area contributed by atoms with Gasteiger partial charge in [-0.1, -0.05) is 41.4 Å². The molecule has 0 saturated heterocycles. The predicted octanol–water partition coefficient (Wildman–Crippen LogP) is 3.92. The molecule has 1 amide bonds. The minimum atomic E-state index is -1.13. The number of likely N-dealkylation sites (N-methyl/N-ethyl adjacent to an activating group) is 1. The van der Waals surface area contributed by atoms with Crippen LogP contribution >= 0.6 is 23.2 Å². The van der Waals surface area contributed by atoms with Crippen LogP contribution in [-0.2, 0) is 14.3 Å². The van der Waals surface area contributed by atoms with Gasteiger partial charge in [-0.3, -0.25) is 9.59 Å².